The van der Waals surface area contributed by atoms with Crippen LogP contribution in [0.5, 0.6) is 0 Å². The molecule has 2 heterocycles. The van der Waals surface area contributed by atoms with Crippen LogP contribution in [0.1, 0.15) is 18.9 Å². The maximum absolute atomic E-state index is 5.71. The van der Waals surface area contributed by atoms with Crippen LogP contribution in [0.2, 0.25) is 0 Å². The molecule has 0 saturated carbocycles. The third-order valence-corrected chi connectivity index (χ3v) is 3.35. The van der Waals surface area contributed by atoms with Gasteiger partial charge in [0.25, 0.3) is 0 Å². The van der Waals surface area contributed by atoms with Crippen LogP contribution in [0.15, 0.2) is 11.6 Å². The molecular formula is C11H17N7S. The van der Waals surface area contributed by atoms with E-state index in [-0.39, 0.29) is 5.95 Å². The molecule has 2 aromatic heterocycles. The fraction of sp³-hybridized carbons (Fsp3) is 0.455. The Kier molecular flexibility index (Phi) is 4.45. The second kappa shape index (κ2) is 6.28. The summed E-state index contributed by atoms with van der Waals surface area (Å²) in [5.41, 5.74) is 5.71. The summed E-state index contributed by atoms with van der Waals surface area (Å²) in [4.78, 5) is 18.8. The molecule has 3 N–H and O–H groups in total. The SMILES string of the molecule is CCN(CC)c1nc(N)nc(NCc2nccs2)n1. The minimum atomic E-state index is 0.221. The molecule has 0 aliphatic rings. The average molecular weight is 279 g/mol. The third-order valence-electron chi connectivity index (χ3n) is 2.57. The number of nitrogen functional groups attached to an aromatic ring is 1. The van der Waals surface area contributed by atoms with Crippen molar-refractivity contribution < 1.29 is 0 Å². The lowest BCUT2D eigenvalue weighted by Gasteiger charge is -2.18. The topological polar surface area (TPSA) is 92.9 Å². The van der Waals surface area contributed by atoms with E-state index in [0.717, 1.165) is 18.1 Å². The minimum absolute atomic E-state index is 0.221. The first-order valence-corrected chi connectivity index (χ1v) is 6.99. The molecule has 0 aliphatic carbocycles. The van der Waals surface area contributed by atoms with Gasteiger partial charge < -0.3 is 16.0 Å². The van der Waals surface area contributed by atoms with E-state index in [9.17, 15) is 0 Å². The summed E-state index contributed by atoms with van der Waals surface area (Å²) < 4.78 is 0. The van der Waals surface area contributed by atoms with Gasteiger partial charge in [0.1, 0.15) is 5.01 Å². The van der Waals surface area contributed by atoms with Crippen molar-refractivity contribution in [1.82, 2.24) is 19.9 Å². The number of hydrogen-bond donors (Lipinski definition) is 2. The first kappa shape index (κ1) is 13.5. The van der Waals surface area contributed by atoms with Gasteiger partial charge in [0, 0.05) is 24.7 Å². The second-order valence-corrected chi connectivity index (χ2v) is 4.75. The molecule has 0 aromatic carbocycles. The number of thiazole rings is 1. The number of rotatable bonds is 6. The van der Waals surface area contributed by atoms with Crippen molar-refractivity contribution in [3.05, 3.63) is 16.6 Å². The summed E-state index contributed by atoms with van der Waals surface area (Å²) >= 11 is 1.58. The predicted molar refractivity (Wildman–Crippen MR) is 77.2 cm³/mol. The van der Waals surface area contributed by atoms with Gasteiger partial charge >= 0.3 is 0 Å². The summed E-state index contributed by atoms with van der Waals surface area (Å²) in [6.07, 6.45) is 1.77. The molecular weight excluding hydrogens is 262 g/mol. The zero-order chi connectivity index (χ0) is 13.7. The molecule has 7 nitrogen and oxygen atoms in total. The van der Waals surface area contributed by atoms with Gasteiger partial charge in [-0.1, -0.05) is 0 Å². The summed E-state index contributed by atoms with van der Waals surface area (Å²) in [7, 11) is 0. The molecule has 19 heavy (non-hydrogen) atoms. The molecule has 0 unspecified atom stereocenters. The molecule has 8 heteroatoms. The van der Waals surface area contributed by atoms with Gasteiger partial charge in [0.05, 0.1) is 6.54 Å². The lowest BCUT2D eigenvalue weighted by molar-refractivity contribution is 0.814. The van der Waals surface area contributed by atoms with E-state index in [2.05, 4.69) is 25.3 Å². The van der Waals surface area contributed by atoms with Gasteiger partial charge in [0.15, 0.2) is 0 Å². The van der Waals surface area contributed by atoms with Crippen molar-refractivity contribution in [1.29, 1.82) is 0 Å². The molecule has 0 aliphatic heterocycles. The number of hydrogen-bond acceptors (Lipinski definition) is 8. The molecule has 0 atom stereocenters. The van der Waals surface area contributed by atoms with E-state index < -0.39 is 0 Å². The summed E-state index contributed by atoms with van der Waals surface area (Å²) in [6.45, 7) is 6.33. The molecule has 2 aromatic rings. The number of nitrogens with zero attached hydrogens (tertiary/aromatic N) is 5. The number of anilines is 3. The highest BCUT2D eigenvalue weighted by Gasteiger charge is 2.09. The Morgan fingerprint density at radius 3 is 2.68 bits per heavy atom. The van der Waals surface area contributed by atoms with Gasteiger partial charge in [-0.3, -0.25) is 0 Å². The zero-order valence-corrected chi connectivity index (χ0v) is 11.8. The minimum Gasteiger partial charge on any atom is -0.368 e. The first-order valence-electron chi connectivity index (χ1n) is 6.11. The predicted octanol–water partition coefficient (Wildman–Crippen LogP) is 1.37. The largest absolute Gasteiger partial charge is 0.368 e. The van der Waals surface area contributed by atoms with Crippen molar-refractivity contribution in [2.45, 2.75) is 20.4 Å². The quantitative estimate of drug-likeness (QED) is 0.824. The van der Waals surface area contributed by atoms with Crippen LogP contribution in [0.25, 0.3) is 0 Å². The van der Waals surface area contributed by atoms with Crippen molar-refractivity contribution in [3.8, 4) is 0 Å². The Morgan fingerprint density at radius 2 is 2.05 bits per heavy atom. The van der Waals surface area contributed by atoms with Crippen LogP contribution < -0.4 is 16.0 Å². The van der Waals surface area contributed by atoms with Crippen LogP contribution in [0.4, 0.5) is 17.8 Å². The smallest absolute Gasteiger partial charge is 0.231 e. The van der Waals surface area contributed by atoms with Gasteiger partial charge in [-0.15, -0.1) is 11.3 Å². The lowest BCUT2D eigenvalue weighted by atomic mass is 10.5. The van der Waals surface area contributed by atoms with Gasteiger partial charge in [-0.05, 0) is 13.8 Å². The molecule has 0 saturated heterocycles. The van der Waals surface area contributed by atoms with Crippen molar-refractivity contribution in [3.63, 3.8) is 0 Å². The van der Waals surface area contributed by atoms with Crippen LogP contribution in [0.3, 0.4) is 0 Å². The summed E-state index contributed by atoms with van der Waals surface area (Å²) in [6, 6.07) is 0. The number of nitrogens with two attached hydrogens (primary N) is 1. The maximum Gasteiger partial charge on any atom is 0.231 e. The van der Waals surface area contributed by atoms with Crippen molar-refractivity contribution >= 4 is 29.2 Å². The zero-order valence-electron chi connectivity index (χ0n) is 11.0. The fourth-order valence-corrected chi connectivity index (χ4v) is 2.16. The van der Waals surface area contributed by atoms with Gasteiger partial charge in [0.2, 0.25) is 17.8 Å². The third kappa shape index (κ3) is 3.50. The molecule has 0 bridgehead atoms. The van der Waals surface area contributed by atoms with E-state index in [4.69, 9.17) is 5.73 Å². The standard InChI is InChI=1S/C11H17N7S/c1-3-18(4-2)11-16-9(12)15-10(17-11)14-7-8-13-5-6-19-8/h5-6H,3-4,7H2,1-2H3,(H3,12,14,15,16,17). The van der Waals surface area contributed by atoms with E-state index >= 15 is 0 Å². The molecule has 0 amide bonds. The Morgan fingerprint density at radius 1 is 1.26 bits per heavy atom. The van der Waals surface area contributed by atoms with E-state index in [1.807, 2.05) is 24.1 Å². The molecule has 0 radical (unpaired) electrons. The van der Waals surface area contributed by atoms with Gasteiger partial charge in [-0.25, -0.2) is 4.98 Å². The Bertz CT molecular complexity index is 510. The Hall–Kier alpha value is -1.96. The van der Waals surface area contributed by atoms with E-state index in [0.29, 0.717) is 18.4 Å². The monoisotopic (exact) mass is 279 g/mol. The van der Waals surface area contributed by atoms with Crippen molar-refractivity contribution in [2.24, 2.45) is 0 Å². The van der Waals surface area contributed by atoms with Crippen LogP contribution >= 0.6 is 11.3 Å². The highest BCUT2D eigenvalue weighted by atomic mass is 32.1. The molecule has 0 spiro atoms. The van der Waals surface area contributed by atoms with Crippen LogP contribution in [-0.4, -0.2) is 33.0 Å². The molecule has 0 fully saturated rings. The molecule has 2 rings (SSSR count). The highest BCUT2D eigenvalue weighted by Crippen LogP contribution is 2.13. The van der Waals surface area contributed by atoms with Gasteiger partial charge in [-0.2, -0.15) is 15.0 Å². The normalized spacial score (nSPS) is 10.4. The Labute approximate surface area is 115 Å². The maximum atomic E-state index is 5.71. The van der Waals surface area contributed by atoms with E-state index in [1.54, 1.807) is 17.5 Å². The highest BCUT2D eigenvalue weighted by molar-refractivity contribution is 7.09. The Balaban J connectivity index is 2.12. The average Bonchev–Trinajstić information content (AvgIpc) is 2.90. The molecule has 102 valence electrons. The van der Waals surface area contributed by atoms with E-state index in [1.165, 1.54) is 0 Å². The van der Waals surface area contributed by atoms with Crippen LogP contribution in [0, 0.1) is 0 Å². The van der Waals surface area contributed by atoms with Crippen LogP contribution in [-0.2, 0) is 6.54 Å². The number of nitrogens with one attached hydrogen (secondary N) is 1. The summed E-state index contributed by atoms with van der Waals surface area (Å²) in [5, 5.41) is 6.02. The van der Waals surface area contributed by atoms with Crippen molar-refractivity contribution in [2.75, 3.05) is 29.0 Å². The second-order valence-electron chi connectivity index (χ2n) is 3.77. The summed E-state index contributed by atoms with van der Waals surface area (Å²) in [5.74, 6) is 1.29. The first-order chi connectivity index (χ1) is 9.22. The number of aromatic nitrogens is 4. The fourth-order valence-electron chi connectivity index (χ4n) is 1.60. The lowest BCUT2D eigenvalue weighted by Crippen LogP contribution is -2.25.